The minimum absolute atomic E-state index is 0.0284. The lowest BCUT2D eigenvalue weighted by Crippen LogP contribution is -2.62. The molecule has 9 nitrogen and oxygen atoms in total. The van der Waals surface area contributed by atoms with E-state index < -0.39 is 53.7 Å². The van der Waals surface area contributed by atoms with Crippen LogP contribution in [0, 0.1) is 0 Å². The molecule has 5 atom stereocenters. The fourth-order valence-electron chi connectivity index (χ4n) is 4.91. The van der Waals surface area contributed by atoms with Crippen molar-refractivity contribution >= 4 is 35.6 Å². The van der Waals surface area contributed by atoms with Gasteiger partial charge in [-0.3, -0.25) is 0 Å². The predicted octanol–water partition coefficient (Wildman–Crippen LogP) is 6.39. The summed E-state index contributed by atoms with van der Waals surface area (Å²) in [6.45, 7) is 3.51. The van der Waals surface area contributed by atoms with E-state index in [-0.39, 0.29) is 28.5 Å². The molecule has 1 aliphatic rings. The van der Waals surface area contributed by atoms with Gasteiger partial charge in [-0.1, -0.05) is 86.6 Å². The van der Waals surface area contributed by atoms with Gasteiger partial charge in [-0.25, -0.2) is 19.2 Å². The Morgan fingerprint density at radius 2 is 0.915 bits per heavy atom. The van der Waals surface area contributed by atoms with Gasteiger partial charge < -0.3 is 23.7 Å². The molecule has 0 bridgehead atoms. The monoisotopic (exact) mass is 654 g/mol. The van der Waals surface area contributed by atoms with Gasteiger partial charge in [-0.05, 0) is 48.5 Å². The van der Waals surface area contributed by atoms with Crippen LogP contribution in [0.1, 0.15) is 55.3 Å². The average molecular weight is 655 g/mol. The van der Waals surface area contributed by atoms with Crippen LogP contribution in [0.3, 0.4) is 0 Å². The van der Waals surface area contributed by atoms with Crippen molar-refractivity contribution in [3.63, 3.8) is 0 Å². The van der Waals surface area contributed by atoms with Gasteiger partial charge in [0.25, 0.3) is 0 Å². The van der Waals surface area contributed by atoms with Crippen LogP contribution in [0.4, 0.5) is 0 Å². The summed E-state index contributed by atoms with van der Waals surface area (Å²) >= 11 is 1.33. The van der Waals surface area contributed by atoms with Crippen LogP contribution in [0.15, 0.2) is 121 Å². The maximum Gasteiger partial charge on any atom is 0.338 e. The number of thioether (sulfide) groups is 1. The first kappa shape index (κ1) is 33.4. The molecule has 0 spiro atoms. The Morgan fingerprint density at radius 1 is 0.553 bits per heavy atom. The second kappa shape index (κ2) is 16.1. The van der Waals surface area contributed by atoms with E-state index in [9.17, 15) is 19.2 Å². The summed E-state index contributed by atoms with van der Waals surface area (Å²) in [6, 6.07) is 33.3. The molecule has 0 amide bonds. The second-order valence-corrected chi connectivity index (χ2v) is 12.6. The molecule has 0 unspecified atom stereocenters. The largest absolute Gasteiger partial charge is 0.459 e. The van der Waals surface area contributed by atoms with Crippen molar-refractivity contribution in [3.8, 4) is 0 Å². The molecular formula is C37H34O9S. The highest BCUT2D eigenvalue weighted by Gasteiger charge is 2.53. The third-order valence-electron chi connectivity index (χ3n) is 7.14. The smallest absolute Gasteiger partial charge is 0.338 e. The third kappa shape index (κ3) is 8.87. The Hall–Kier alpha value is -4.93. The van der Waals surface area contributed by atoms with E-state index in [1.165, 1.54) is 11.8 Å². The number of ether oxygens (including phenoxy) is 5. The van der Waals surface area contributed by atoms with E-state index >= 15 is 0 Å². The van der Waals surface area contributed by atoms with Crippen LogP contribution in [0.5, 0.6) is 0 Å². The zero-order valence-electron chi connectivity index (χ0n) is 25.8. The molecule has 1 aliphatic heterocycles. The molecule has 5 rings (SSSR count). The van der Waals surface area contributed by atoms with Gasteiger partial charge >= 0.3 is 23.9 Å². The summed E-state index contributed by atoms with van der Waals surface area (Å²) in [5.74, 6) is -2.77. The maximum atomic E-state index is 13.6. The standard InChI is InChI=1S/C37H34O9S/c1-24(2)47-37-32(46-36(41)28-21-13-6-14-22-28)31(45-35(40)27-19-11-5-12-20-27)30(44-34(39)26-17-9-4-10-18-26)29(43-37)23-42-33(38)25-15-7-3-8-16-25/h3-22,24,29-32,37H,23H2,1-2H3/t29-,30+,31+,32-,37+/m1/s1. The van der Waals surface area contributed by atoms with Crippen LogP contribution in [-0.4, -0.2) is 65.6 Å². The zero-order chi connectivity index (χ0) is 33.2. The summed E-state index contributed by atoms with van der Waals surface area (Å²) < 4.78 is 30.2. The first-order chi connectivity index (χ1) is 22.8. The van der Waals surface area contributed by atoms with Crippen molar-refractivity contribution in [1.29, 1.82) is 0 Å². The minimum atomic E-state index is -1.35. The van der Waals surface area contributed by atoms with Crippen molar-refractivity contribution in [2.45, 2.75) is 48.9 Å². The Labute approximate surface area is 277 Å². The quantitative estimate of drug-likeness (QED) is 0.133. The fraction of sp³-hybridized carbons (Fsp3) is 0.243. The molecular weight excluding hydrogens is 620 g/mol. The molecule has 1 fully saturated rings. The normalized spacial score (nSPS) is 20.5. The van der Waals surface area contributed by atoms with Gasteiger partial charge in [0, 0.05) is 5.25 Å². The van der Waals surface area contributed by atoms with Crippen molar-refractivity contribution < 1.29 is 42.9 Å². The molecule has 4 aromatic carbocycles. The molecule has 0 aromatic heterocycles. The van der Waals surface area contributed by atoms with Crippen LogP contribution in [-0.2, 0) is 23.7 Å². The molecule has 10 heteroatoms. The van der Waals surface area contributed by atoms with Crippen LogP contribution in [0.25, 0.3) is 0 Å². The number of benzene rings is 4. The van der Waals surface area contributed by atoms with Crippen LogP contribution >= 0.6 is 11.8 Å². The van der Waals surface area contributed by atoms with E-state index in [4.69, 9.17) is 23.7 Å². The summed E-state index contributed by atoms with van der Waals surface area (Å²) in [5, 5.41) is -0.0284. The highest BCUT2D eigenvalue weighted by Crippen LogP contribution is 2.37. The predicted molar refractivity (Wildman–Crippen MR) is 175 cm³/mol. The lowest BCUT2D eigenvalue weighted by Gasteiger charge is -2.44. The summed E-state index contributed by atoms with van der Waals surface area (Å²) in [7, 11) is 0. The van der Waals surface area contributed by atoms with Crippen molar-refractivity contribution in [1.82, 2.24) is 0 Å². The van der Waals surface area contributed by atoms with Gasteiger partial charge in [0.15, 0.2) is 18.3 Å². The summed E-state index contributed by atoms with van der Waals surface area (Å²) in [4.78, 5) is 53.5. The molecule has 242 valence electrons. The van der Waals surface area contributed by atoms with Crippen molar-refractivity contribution in [2.75, 3.05) is 6.61 Å². The number of carbonyl (C=O) groups is 4. The maximum absolute atomic E-state index is 13.6. The number of carbonyl (C=O) groups excluding carboxylic acids is 4. The van der Waals surface area contributed by atoms with Crippen LogP contribution in [0.2, 0.25) is 0 Å². The molecule has 0 N–H and O–H groups in total. The molecule has 1 heterocycles. The van der Waals surface area contributed by atoms with E-state index in [1.807, 2.05) is 13.8 Å². The van der Waals surface area contributed by atoms with E-state index in [2.05, 4.69) is 0 Å². The van der Waals surface area contributed by atoms with Gasteiger partial charge in [-0.15, -0.1) is 11.8 Å². The number of hydrogen-bond acceptors (Lipinski definition) is 10. The topological polar surface area (TPSA) is 114 Å². The molecule has 0 saturated carbocycles. The number of hydrogen-bond donors (Lipinski definition) is 0. The van der Waals surface area contributed by atoms with Gasteiger partial charge in [0.2, 0.25) is 0 Å². The average Bonchev–Trinajstić information content (AvgIpc) is 3.10. The number of esters is 4. The highest BCUT2D eigenvalue weighted by atomic mass is 32.2. The molecule has 0 aliphatic carbocycles. The number of rotatable bonds is 11. The third-order valence-corrected chi connectivity index (χ3v) is 8.34. The minimum Gasteiger partial charge on any atom is -0.459 e. The second-order valence-electron chi connectivity index (χ2n) is 10.9. The van der Waals surface area contributed by atoms with E-state index in [0.717, 1.165) is 0 Å². The van der Waals surface area contributed by atoms with Crippen LogP contribution < -0.4 is 0 Å². The van der Waals surface area contributed by atoms with Crippen molar-refractivity contribution in [2.24, 2.45) is 0 Å². The summed E-state index contributed by atoms with van der Waals surface area (Å²) in [5.41, 5.74) is 0.155. The Bertz CT molecular complexity index is 1630. The lowest BCUT2D eigenvalue weighted by molar-refractivity contribution is -0.207. The summed E-state index contributed by atoms with van der Waals surface area (Å²) in [6.07, 6.45) is -5.03. The fourth-order valence-corrected chi connectivity index (χ4v) is 6.01. The molecule has 4 aromatic rings. The van der Waals surface area contributed by atoms with E-state index in [0.29, 0.717) is 5.56 Å². The SMILES string of the molecule is CC(C)S[C@@H]1O[C@H](COC(=O)c2ccccc2)[C@H](OC(=O)c2ccccc2)[C@H](OC(=O)c2ccccc2)[C@H]1OC(=O)c1ccccc1. The molecule has 0 radical (unpaired) electrons. The van der Waals surface area contributed by atoms with Gasteiger partial charge in [-0.2, -0.15) is 0 Å². The molecule has 47 heavy (non-hydrogen) atoms. The first-order valence-corrected chi connectivity index (χ1v) is 16.1. The van der Waals surface area contributed by atoms with Gasteiger partial charge in [0.1, 0.15) is 18.1 Å². The lowest BCUT2D eigenvalue weighted by atomic mass is 9.98. The Morgan fingerprint density at radius 3 is 1.32 bits per heavy atom. The van der Waals surface area contributed by atoms with Crippen molar-refractivity contribution in [3.05, 3.63) is 144 Å². The Kier molecular flexibility index (Phi) is 11.4. The zero-order valence-corrected chi connectivity index (χ0v) is 26.6. The highest BCUT2D eigenvalue weighted by molar-refractivity contribution is 8.00. The Balaban J connectivity index is 1.54. The molecule has 1 saturated heterocycles. The van der Waals surface area contributed by atoms with E-state index in [1.54, 1.807) is 121 Å². The first-order valence-electron chi connectivity index (χ1n) is 15.1. The van der Waals surface area contributed by atoms with Gasteiger partial charge in [0.05, 0.1) is 22.3 Å².